The molecule has 2 heterocycles. The monoisotopic (exact) mass is 410 g/mol. The average molecular weight is 410 g/mol. The fourth-order valence-electron chi connectivity index (χ4n) is 3.30. The summed E-state index contributed by atoms with van der Waals surface area (Å²) in [6.45, 7) is 1.96. The maximum atomic E-state index is 13.0. The van der Waals surface area contributed by atoms with Crippen molar-refractivity contribution in [2.24, 2.45) is 0 Å². The molecule has 0 aliphatic carbocycles. The fraction of sp³-hybridized carbons (Fsp3) is 0.0952. The molecule has 0 spiro atoms. The lowest BCUT2D eigenvalue weighted by Gasteiger charge is -2.08. The smallest absolute Gasteiger partial charge is 0.236 e. The predicted octanol–water partition coefficient (Wildman–Crippen LogP) is 6.02. The Morgan fingerprint density at radius 1 is 0.931 bits per heavy atom. The van der Waals surface area contributed by atoms with Crippen molar-refractivity contribution in [3.05, 3.63) is 71.8 Å². The lowest BCUT2D eigenvalue weighted by atomic mass is 10.1. The zero-order valence-electron chi connectivity index (χ0n) is 15.1. The van der Waals surface area contributed by atoms with Crippen molar-refractivity contribution in [1.29, 1.82) is 0 Å². The maximum Gasteiger partial charge on any atom is 0.416 e. The SMILES string of the molecule is Cc1cc(-c2nc3ccc(C(F)(F)F)cc3s2)ccc1-n1nnc2ccccc21. The second kappa shape index (κ2) is 6.38. The molecular weight excluding hydrogens is 397 g/mol. The minimum Gasteiger partial charge on any atom is -0.236 e. The highest BCUT2D eigenvalue weighted by Crippen LogP contribution is 2.36. The van der Waals surface area contributed by atoms with Crippen LogP contribution in [0.3, 0.4) is 0 Å². The molecule has 3 aromatic carbocycles. The lowest BCUT2D eigenvalue weighted by Crippen LogP contribution is -2.03. The summed E-state index contributed by atoms with van der Waals surface area (Å²) in [5.41, 5.74) is 4.32. The number of rotatable bonds is 2. The molecule has 0 amide bonds. The van der Waals surface area contributed by atoms with Crippen molar-refractivity contribution < 1.29 is 13.2 Å². The molecule has 0 unspecified atom stereocenters. The first kappa shape index (κ1) is 17.8. The van der Waals surface area contributed by atoms with Crippen LogP contribution in [0.4, 0.5) is 13.2 Å². The van der Waals surface area contributed by atoms with Crippen LogP contribution in [-0.4, -0.2) is 20.0 Å². The van der Waals surface area contributed by atoms with Crippen molar-refractivity contribution in [2.45, 2.75) is 13.1 Å². The Kier molecular flexibility index (Phi) is 3.92. The van der Waals surface area contributed by atoms with Crippen LogP contribution in [0.25, 0.3) is 37.5 Å². The van der Waals surface area contributed by atoms with E-state index in [0.717, 1.165) is 40.0 Å². The standard InChI is InChI=1S/C21H13F3N4S/c1-12-10-13(6-9-17(12)28-18-5-3-2-4-15(18)26-27-28)20-25-16-8-7-14(21(22,23)24)11-19(16)29-20/h2-11H,1H3. The van der Waals surface area contributed by atoms with E-state index in [2.05, 4.69) is 15.3 Å². The van der Waals surface area contributed by atoms with E-state index in [4.69, 9.17) is 0 Å². The molecule has 8 heteroatoms. The molecule has 2 aromatic heterocycles. The van der Waals surface area contributed by atoms with Crippen LogP contribution in [0.15, 0.2) is 60.7 Å². The van der Waals surface area contributed by atoms with Gasteiger partial charge in [0.25, 0.3) is 0 Å². The minimum absolute atomic E-state index is 0.513. The highest BCUT2D eigenvalue weighted by Gasteiger charge is 2.30. The molecule has 0 N–H and O–H groups in total. The normalized spacial score (nSPS) is 12.1. The molecule has 29 heavy (non-hydrogen) atoms. The fourth-order valence-corrected chi connectivity index (χ4v) is 4.30. The summed E-state index contributed by atoms with van der Waals surface area (Å²) in [5, 5.41) is 9.11. The zero-order valence-corrected chi connectivity index (χ0v) is 15.9. The minimum atomic E-state index is -4.36. The second-order valence-corrected chi connectivity index (χ2v) is 7.72. The van der Waals surface area contributed by atoms with Gasteiger partial charge in [-0.1, -0.05) is 17.3 Å². The van der Waals surface area contributed by atoms with Crippen molar-refractivity contribution in [3.63, 3.8) is 0 Å². The maximum absolute atomic E-state index is 13.0. The number of alkyl halides is 3. The Balaban J connectivity index is 1.56. The Morgan fingerprint density at radius 3 is 2.55 bits per heavy atom. The average Bonchev–Trinajstić information content (AvgIpc) is 3.31. The van der Waals surface area contributed by atoms with Crippen LogP contribution in [0.2, 0.25) is 0 Å². The first-order valence-electron chi connectivity index (χ1n) is 8.80. The van der Waals surface area contributed by atoms with Gasteiger partial charge < -0.3 is 0 Å². The lowest BCUT2D eigenvalue weighted by molar-refractivity contribution is -0.137. The molecule has 0 radical (unpaired) electrons. The van der Waals surface area contributed by atoms with Crippen LogP contribution in [0.5, 0.6) is 0 Å². The Morgan fingerprint density at radius 2 is 1.76 bits per heavy atom. The molecule has 0 fully saturated rings. The van der Waals surface area contributed by atoms with E-state index in [1.165, 1.54) is 17.4 Å². The molecule has 0 aliphatic rings. The summed E-state index contributed by atoms with van der Waals surface area (Å²) in [5.74, 6) is 0. The van der Waals surface area contributed by atoms with E-state index in [9.17, 15) is 13.2 Å². The van der Waals surface area contributed by atoms with E-state index >= 15 is 0 Å². The third-order valence-electron chi connectivity index (χ3n) is 4.74. The summed E-state index contributed by atoms with van der Waals surface area (Å²) < 4.78 is 41.2. The van der Waals surface area contributed by atoms with Crippen molar-refractivity contribution >= 4 is 32.6 Å². The van der Waals surface area contributed by atoms with Crippen LogP contribution in [0.1, 0.15) is 11.1 Å². The highest BCUT2D eigenvalue weighted by molar-refractivity contribution is 7.21. The molecule has 0 saturated carbocycles. The molecule has 0 saturated heterocycles. The molecule has 0 atom stereocenters. The van der Waals surface area contributed by atoms with Gasteiger partial charge >= 0.3 is 6.18 Å². The number of fused-ring (bicyclic) bond motifs is 2. The third-order valence-corrected chi connectivity index (χ3v) is 5.81. The number of halogens is 3. The molecule has 5 aromatic rings. The van der Waals surface area contributed by atoms with Crippen LogP contribution in [0, 0.1) is 6.92 Å². The van der Waals surface area contributed by atoms with E-state index in [1.54, 1.807) is 4.68 Å². The number of hydrogen-bond acceptors (Lipinski definition) is 4. The van der Waals surface area contributed by atoms with Gasteiger partial charge in [0.2, 0.25) is 0 Å². The first-order chi connectivity index (χ1) is 13.9. The summed E-state index contributed by atoms with van der Waals surface area (Å²) >= 11 is 1.25. The van der Waals surface area contributed by atoms with Crippen LogP contribution in [-0.2, 0) is 6.18 Å². The van der Waals surface area contributed by atoms with Gasteiger partial charge in [0.05, 0.1) is 27.0 Å². The van der Waals surface area contributed by atoms with E-state index in [1.807, 2.05) is 49.4 Å². The Bertz CT molecular complexity index is 1370. The topological polar surface area (TPSA) is 43.6 Å². The highest BCUT2D eigenvalue weighted by atomic mass is 32.1. The molecule has 0 aliphatic heterocycles. The molecule has 144 valence electrons. The van der Waals surface area contributed by atoms with E-state index in [-0.39, 0.29) is 0 Å². The summed E-state index contributed by atoms with van der Waals surface area (Å²) in [6, 6.07) is 17.1. The van der Waals surface area contributed by atoms with Gasteiger partial charge in [-0.2, -0.15) is 13.2 Å². The predicted molar refractivity (Wildman–Crippen MR) is 107 cm³/mol. The van der Waals surface area contributed by atoms with E-state index < -0.39 is 11.7 Å². The van der Waals surface area contributed by atoms with Crippen molar-refractivity contribution in [2.75, 3.05) is 0 Å². The van der Waals surface area contributed by atoms with Gasteiger partial charge in [-0.05, 0) is 61.0 Å². The molecular formula is C21H13F3N4S. The van der Waals surface area contributed by atoms with Gasteiger partial charge in [0, 0.05) is 5.56 Å². The van der Waals surface area contributed by atoms with Gasteiger partial charge in [-0.15, -0.1) is 16.4 Å². The molecule has 0 bridgehead atoms. The summed E-state index contributed by atoms with van der Waals surface area (Å²) in [4.78, 5) is 4.51. The quantitative estimate of drug-likeness (QED) is 0.357. The molecule has 4 nitrogen and oxygen atoms in total. The van der Waals surface area contributed by atoms with Crippen LogP contribution < -0.4 is 0 Å². The number of aryl methyl sites for hydroxylation is 1. The van der Waals surface area contributed by atoms with Gasteiger partial charge in [-0.25, -0.2) is 9.67 Å². The van der Waals surface area contributed by atoms with Gasteiger partial charge in [0.15, 0.2) is 0 Å². The second-order valence-electron chi connectivity index (χ2n) is 6.69. The largest absolute Gasteiger partial charge is 0.416 e. The third kappa shape index (κ3) is 3.05. The zero-order chi connectivity index (χ0) is 20.2. The summed E-state index contributed by atoms with van der Waals surface area (Å²) in [6.07, 6.45) is -4.36. The number of para-hydroxylation sites is 1. The van der Waals surface area contributed by atoms with Gasteiger partial charge in [0.1, 0.15) is 10.5 Å². The van der Waals surface area contributed by atoms with E-state index in [0.29, 0.717) is 15.2 Å². The number of nitrogens with zero attached hydrogens (tertiary/aromatic N) is 4. The first-order valence-corrected chi connectivity index (χ1v) is 9.61. The Labute approximate surface area is 167 Å². The van der Waals surface area contributed by atoms with Crippen molar-refractivity contribution in [3.8, 4) is 16.3 Å². The van der Waals surface area contributed by atoms with Crippen molar-refractivity contribution in [1.82, 2.24) is 20.0 Å². The Hall–Kier alpha value is -3.26. The van der Waals surface area contributed by atoms with Crippen LogP contribution >= 0.6 is 11.3 Å². The number of aromatic nitrogens is 4. The van der Waals surface area contributed by atoms with Gasteiger partial charge in [-0.3, -0.25) is 0 Å². The molecule has 5 rings (SSSR count). The number of thiazole rings is 1. The number of hydrogen-bond donors (Lipinski definition) is 0. The summed E-state index contributed by atoms with van der Waals surface area (Å²) in [7, 11) is 0. The number of benzene rings is 3.